The molecule has 3 N–H and O–H groups in total. The number of hydrogen-bond acceptors (Lipinski definition) is 2. The number of anilines is 1. The Balaban J connectivity index is 2.20. The van der Waals surface area contributed by atoms with Crippen molar-refractivity contribution >= 4 is 11.6 Å². The highest BCUT2D eigenvalue weighted by Crippen LogP contribution is 2.01. The minimum atomic E-state index is -0.336. The number of rotatable bonds is 2. The van der Waals surface area contributed by atoms with Crippen molar-refractivity contribution < 1.29 is 4.79 Å². The topological polar surface area (TPSA) is 77.8 Å². The Labute approximate surface area is 85.2 Å². The fraction of sp³-hybridized carbons (Fsp3) is 0. The van der Waals surface area contributed by atoms with Crippen molar-refractivity contribution in [2.45, 2.75) is 0 Å². The first kappa shape index (κ1) is 9.26. The van der Waals surface area contributed by atoms with Gasteiger partial charge in [-0.2, -0.15) is 0 Å². The molecule has 0 aromatic carbocycles. The molecule has 2 aromatic rings. The van der Waals surface area contributed by atoms with E-state index in [9.17, 15) is 9.59 Å². The van der Waals surface area contributed by atoms with Crippen LogP contribution < -0.4 is 10.9 Å². The fourth-order valence-electron chi connectivity index (χ4n) is 1.18. The lowest BCUT2D eigenvalue weighted by atomic mass is 10.3. The Hall–Kier alpha value is -2.30. The van der Waals surface area contributed by atoms with E-state index in [1.807, 2.05) is 0 Å². The van der Waals surface area contributed by atoms with E-state index in [0.29, 0.717) is 5.69 Å². The van der Waals surface area contributed by atoms with Crippen molar-refractivity contribution in [3.05, 3.63) is 52.7 Å². The second-order valence-electron chi connectivity index (χ2n) is 2.95. The Morgan fingerprint density at radius 1 is 1.13 bits per heavy atom. The largest absolute Gasteiger partial charge is 0.357 e. The number of carbonyl (C=O) groups is 1. The molecule has 1 amide bonds. The van der Waals surface area contributed by atoms with E-state index >= 15 is 0 Å². The first-order valence-electron chi connectivity index (χ1n) is 4.40. The minimum absolute atomic E-state index is 0.233. The molecular weight excluding hydrogens is 194 g/mol. The van der Waals surface area contributed by atoms with E-state index < -0.39 is 0 Å². The van der Waals surface area contributed by atoms with Gasteiger partial charge in [0.15, 0.2) is 0 Å². The highest BCUT2D eigenvalue weighted by molar-refractivity contribution is 6.02. The van der Waals surface area contributed by atoms with Crippen LogP contribution in [0.3, 0.4) is 0 Å². The fourth-order valence-corrected chi connectivity index (χ4v) is 1.18. The summed E-state index contributed by atoms with van der Waals surface area (Å²) in [6.45, 7) is 0. The molecule has 0 bridgehead atoms. The summed E-state index contributed by atoms with van der Waals surface area (Å²) in [7, 11) is 0. The first-order chi connectivity index (χ1) is 7.27. The number of amides is 1. The van der Waals surface area contributed by atoms with E-state index in [2.05, 4.69) is 15.3 Å². The molecular formula is C10H9N3O2. The van der Waals surface area contributed by atoms with Gasteiger partial charge in [0.25, 0.3) is 11.5 Å². The number of aromatic amines is 2. The van der Waals surface area contributed by atoms with E-state index in [4.69, 9.17) is 0 Å². The standard InChI is InChI=1S/C10H9N3O2/c14-9-8(4-2-6-12-9)13-10(15)7-3-1-5-11-7/h1-6,11H,(H,12,14)(H,13,15). The number of hydrogen-bond donors (Lipinski definition) is 3. The van der Waals surface area contributed by atoms with Crippen LogP contribution in [-0.4, -0.2) is 15.9 Å². The van der Waals surface area contributed by atoms with Crippen molar-refractivity contribution in [2.75, 3.05) is 5.32 Å². The smallest absolute Gasteiger partial charge is 0.272 e. The van der Waals surface area contributed by atoms with Gasteiger partial charge in [0.1, 0.15) is 11.4 Å². The number of aromatic nitrogens is 2. The average Bonchev–Trinajstić information content (AvgIpc) is 2.74. The van der Waals surface area contributed by atoms with Gasteiger partial charge in [-0.15, -0.1) is 0 Å². The van der Waals surface area contributed by atoms with Crippen LogP contribution >= 0.6 is 0 Å². The maximum atomic E-state index is 11.5. The van der Waals surface area contributed by atoms with E-state index in [1.165, 1.54) is 6.20 Å². The van der Waals surface area contributed by atoms with Crippen molar-refractivity contribution in [1.29, 1.82) is 0 Å². The quantitative estimate of drug-likeness (QED) is 0.679. The molecule has 0 saturated carbocycles. The predicted molar refractivity (Wildman–Crippen MR) is 55.8 cm³/mol. The molecule has 0 aliphatic heterocycles. The second-order valence-corrected chi connectivity index (χ2v) is 2.95. The zero-order valence-corrected chi connectivity index (χ0v) is 7.78. The summed E-state index contributed by atoms with van der Waals surface area (Å²) < 4.78 is 0. The average molecular weight is 203 g/mol. The molecule has 0 unspecified atom stereocenters. The van der Waals surface area contributed by atoms with E-state index in [-0.39, 0.29) is 17.2 Å². The molecule has 0 radical (unpaired) electrons. The van der Waals surface area contributed by atoms with Crippen LogP contribution in [0.4, 0.5) is 5.69 Å². The molecule has 0 atom stereocenters. The number of nitrogens with one attached hydrogen (secondary N) is 3. The summed E-state index contributed by atoms with van der Waals surface area (Å²) in [5.74, 6) is -0.336. The Morgan fingerprint density at radius 2 is 1.87 bits per heavy atom. The third kappa shape index (κ3) is 1.96. The molecule has 0 saturated heterocycles. The van der Waals surface area contributed by atoms with Gasteiger partial charge in [-0.05, 0) is 24.3 Å². The van der Waals surface area contributed by atoms with Crippen molar-refractivity contribution in [3.63, 3.8) is 0 Å². The molecule has 2 heterocycles. The van der Waals surface area contributed by atoms with Gasteiger partial charge in [-0.3, -0.25) is 9.59 Å². The van der Waals surface area contributed by atoms with Crippen LogP contribution in [-0.2, 0) is 0 Å². The number of carbonyl (C=O) groups excluding carboxylic acids is 1. The van der Waals surface area contributed by atoms with E-state index in [0.717, 1.165) is 0 Å². The minimum Gasteiger partial charge on any atom is -0.357 e. The monoisotopic (exact) mass is 203 g/mol. The maximum absolute atomic E-state index is 11.5. The normalized spacial score (nSPS) is 9.87. The van der Waals surface area contributed by atoms with Crippen molar-refractivity contribution in [1.82, 2.24) is 9.97 Å². The molecule has 5 heteroatoms. The van der Waals surface area contributed by atoms with Gasteiger partial charge in [-0.25, -0.2) is 0 Å². The lowest BCUT2D eigenvalue weighted by Gasteiger charge is -2.01. The van der Waals surface area contributed by atoms with Crippen LogP contribution in [0.1, 0.15) is 10.5 Å². The highest BCUT2D eigenvalue weighted by Gasteiger charge is 2.07. The summed E-state index contributed by atoms with van der Waals surface area (Å²) in [5.41, 5.74) is 0.327. The molecule has 2 rings (SSSR count). The van der Waals surface area contributed by atoms with Crippen LogP contribution in [0.25, 0.3) is 0 Å². The van der Waals surface area contributed by atoms with Gasteiger partial charge in [-0.1, -0.05) is 0 Å². The van der Waals surface area contributed by atoms with Crippen molar-refractivity contribution in [3.8, 4) is 0 Å². The summed E-state index contributed by atoms with van der Waals surface area (Å²) in [4.78, 5) is 28.0. The summed E-state index contributed by atoms with van der Waals surface area (Å²) >= 11 is 0. The predicted octanol–water partition coefficient (Wildman–Crippen LogP) is 0.955. The van der Waals surface area contributed by atoms with Crippen LogP contribution in [0.15, 0.2) is 41.5 Å². The van der Waals surface area contributed by atoms with Gasteiger partial charge < -0.3 is 15.3 Å². The highest BCUT2D eigenvalue weighted by atomic mass is 16.2. The first-order valence-corrected chi connectivity index (χ1v) is 4.40. The van der Waals surface area contributed by atoms with Crippen LogP contribution in [0.5, 0.6) is 0 Å². The third-order valence-corrected chi connectivity index (χ3v) is 1.91. The summed E-state index contributed by atoms with van der Waals surface area (Å²) in [6.07, 6.45) is 3.15. The molecule has 0 fully saturated rings. The SMILES string of the molecule is O=C(Nc1ccc[nH]c1=O)c1ccc[nH]1. The van der Waals surface area contributed by atoms with E-state index in [1.54, 1.807) is 30.5 Å². The van der Waals surface area contributed by atoms with Gasteiger partial charge in [0.2, 0.25) is 0 Å². The Kier molecular flexibility index (Phi) is 2.37. The molecule has 2 aromatic heterocycles. The Morgan fingerprint density at radius 3 is 2.53 bits per heavy atom. The van der Waals surface area contributed by atoms with Gasteiger partial charge in [0.05, 0.1) is 0 Å². The van der Waals surface area contributed by atoms with Crippen LogP contribution in [0, 0.1) is 0 Å². The molecule has 76 valence electrons. The van der Waals surface area contributed by atoms with Gasteiger partial charge in [0, 0.05) is 12.4 Å². The lowest BCUT2D eigenvalue weighted by molar-refractivity contribution is 0.102. The molecule has 5 nitrogen and oxygen atoms in total. The Bertz CT molecular complexity index is 513. The third-order valence-electron chi connectivity index (χ3n) is 1.91. The lowest BCUT2D eigenvalue weighted by Crippen LogP contribution is -2.19. The number of H-pyrrole nitrogens is 2. The zero-order chi connectivity index (χ0) is 10.7. The zero-order valence-electron chi connectivity index (χ0n) is 7.78. The number of pyridine rings is 1. The molecule has 0 aliphatic rings. The molecule has 0 aliphatic carbocycles. The van der Waals surface area contributed by atoms with Crippen molar-refractivity contribution in [2.24, 2.45) is 0 Å². The van der Waals surface area contributed by atoms with Gasteiger partial charge >= 0.3 is 0 Å². The summed E-state index contributed by atoms with van der Waals surface area (Å²) in [6, 6.07) is 6.53. The van der Waals surface area contributed by atoms with Crippen LogP contribution in [0.2, 0.25) is 0 Å². The maximum Gasteiger partial charge on any atom is 0.272 e. The second kappa shape index (κ2) is 3.83. The summed E-state index contributed by atoms with van der Waals surface area (Å²) in [5, 5.41) is 2.50. The molecule has 15 heavy (non-hydrogen) atoms. The molecule has 0 spiro atoms.